The largest absolute Gasteiger partial charge is 0.450 e. The van der Waals surface area contributed by atoms with Gasteiger partial charge in [-0.25, -0.2) is 0 Å². The predicted octanol–water partition coefficient (Wildman–Crippen LogP) is 4.87. The van der Waals surface area contributed by atoms with Crippen molar-refractivity contribution in [3.05, 3.63) is 83.6 Å². The lowest BCUT2D eigenvalue weighted by Gasteiger charge is -2.04. The first-order valence-corrected chi connectivity index (χ1v) is 8.47. The van der Waals surface area contributed by atoms with E-state index in [0.717, 1.165) is 33.7 Å². The molecule has 0 aliphatic carbocycles. The van der Waals surface area contributed by atoms with E-state index in [4.69, 9.17) is 4.42 Å². The molecular weight excluding hydrogens is 310 g/mol. The second kappa shape index (κ2) is 6.44. The zero-order chi connectivity index (χ0) is 17.2. The summed E-state index contributed by atoms with van der Waals surface area (Å²) in [5.74, 6) is 0.244. The van der Waals surface area contributed by atoms with Crippen molar-refractivity contribution in [1.82, 2.24) is 5.32 Å². The molecule has 0 bridgehead atoms. The Morgan fingerprint density at radius 2 is 1.68 bits per heavy atom. The van der Waals surface area contributed by atoms with Gasteiger partial charge >= 0.3 is 0 Å². The number of nitrogens with one attached hydrogen (secondary N) is 1. The van der Waals surface area contributed by atoms with Crippen molar-refractivity contribution in [3.63, 3.8) is 0 Å². The maximum absolute atomic E-state index is 12.6. The van der Waals surface area contributed by atoms with Crippen LogP contribution in [0.5, 0.6) is 0 Å². The number of furan rings is 1. The number of hydrogen-bond acceptors (Lipinski definition) is 2. The molecule has 1 aromatic heterocycles. The molecule has 0 saturated heterocycles. The molecule has 3 nitrogen and oxygen atoms in total. The molecule has 3 aromatic carbocycles. The standard InChI is InChI=1S/C22H19NO2/c1-15-18-12-11-17-9-5-6-10-19(17)21(18)25-20(15)22(24)23-14-13-16-7-3-2-4-8-16/h2-12H,13-14H2,1H3,(H,23,24). The molecule has 0 saturated carbocycles. The van der Waals surface area contributed by atoms with Gasteiger partial charge in [-0.15, -0.1) is 0 Å². The van der Waals surface area contributed by atoms with Crippen LogP contribution in [0.1, 0.15) is 21.7 Å². The lowest BCUT2D eigenvalue weighted by Crippen LogP contribution is -2.25. The summed E-state index contributed by atoms with van der Waals surface area (Å²) in [4.78, 5) is 12.6. The van der Waals surface area contributed by atoms with Crippen LogP contribution < -0.4 is 5.32 Å². The van der Waals surface area contributed by atoms with E-state index in [9.17, 15) is 4.79 Å². The average molecular weight is 329 g/mol. The van der Waals surface area contributed by atoms with Gasteiger partial charge in [0.15, 0.2) is 5.76 Å². The third-order valence-electron chi connectivity index (χ3n) is 4.58. The van der Waals surface area contributed by atoms with Gasteiger partial charge in [0, 0.05) is 22.9 Å². The topological polar surface area (TPSA) is 42.2 Å². The van der Waals surface area contributed by atoms with Gasteiger partial charge in [-0.1, -0.05) is 66.7 Å². The molecule has 0 aliphatic rings. The molecule has 4 aromatic rings. The quantitative estimate of drug-likeness (QED) is 0.580. The lowest BCUT2D eigenvalue weighted by atomic mass is 10.1. The van der Waals surface area contributed by atoms with E-state index in [1.54, 1.807) is 0 Å². The zero-order valence-corrected chi connectivity index (χ0v) is 14.1. The van der Waals surface area contributed by atoms with Crippen molar-refractivity contribution >= 4 is 27.6 Å². The highest BCUT2D eigenvalue weighted by Gasteiger charge is 2.18. The van der Waals surface area contributed by atoms with Crippen LogP contribution in [0.3, 0.4) is 0 Å². The van der Waals surface area contributed by atoms with Gasteiger partial charge in [0.1, 0.15) is 5.58 Å². The summed E-state index contributed by atoms with van der Waals surface area (Å²) < 4.78 is 5.96. The van der Waals surface area contributed by atoms with Gasteiger partial charge in [-0.3, -0.25) is 4.79 Å². The average Bonchev–Trinajstić information content (AvgIpc) is 3.00. The number of carbonyl (C=O) groups is 1. The van der Waals surface area contributed by atoms with Gasteiger partial charge in [0.2, 0.25) is 0 Å². The molecule has 4 rings (SSSR count). The number of rotatable bonds is 4. The van der Waals surface area contributed by atoms with Crippen molar-refractivity contribution in [2.45, 2.75) is 13.3 Å². The van der Waals surface area contributed by atoms with Crippen LogP contribution >= 0.6 is 0 Å². The van der Waals surface area contributed by atoms with Crippen LogP contribution in [0, 0.1) is 6.92 Å². The lowest BCUT2D eigenvalue weighted by molar-refractivity contribution is 0.0928. The van der Waals surface area contributed by atoms with Crippen molar-refractivity contribution < 1.29 is 9.21 Å². The van der Waals surface area contributed by atoms with Gasteiger partial charge in [-0.05, 0) is 24.3 Å². The summed E-state index contributed by atoms with van der Waals surface area (Å²) in [5, 5.41) is 6.10. The minimum absolute atomic E-state index is 0.159. The van der Waals surface area contributed by atoms with E-state index in [2.05, 4.69) is 23.5 Å². The van der Waals surface area contributed by atoms with Crippen LogP contribution in [0.4, 0.5) is 0 Å². The van der Waals surface area contributed by atoms with Crippen molar-refractivity contribution in [2.75, 3.05) is 6.54 Å². The minimum atomic E-state index is -0.159. The monoisotopic (exact) mass is 329 g/mol. The Kier molecular flexibility index (Phi) is 3.98. The van der Waals surface area contributed by atoms with Crippen molar-refractivity contribution in [2.24, 2.45) is 0 Å². The Hall–Kier alpha value is -3.07. The van der Waals surface area contributed by atoms with E-state index in [1.807, 2.05) is 55.5 Å². The van der Waals surface area contributed by atoms with Gasteiger partial charge < -0.3 is 9.73 Å². The summed E-state index contributed by atoms with van der Waals surface area (Å²) in [6.07, 6.45) is 0.800. The second-order valence-corrected chi connectivity index (χ2v) is 6.21. The molecule has 3 heteroatoms. The second-order valence-electron chi connectivity index (χ2n) is 6.21. The van der Waals surface area contributed by atoms with Crippen molar-refractivity contribution in [3.8, 4) is 0 Å². The van der Waals surface area contributed by atoms with Gasteiger partial charge in [0.05, 0.1) is 0 Å². The molecule has 1 N–H and O–H groups in total. The number of amides is 1. The Morgan fingerprint density at radius 1 is 0.920 bits per heavy atom. The Labute approximate surface area is 146 Å². The van der Waals surface area contributed by atoms with Crippen LogP contribution in [0.15, 0.2) is 71.1 Å². The highest BCUT2D eigenvalue weighted by Crippen LogP contribution is 2.31. The molecule has 1 amide bonds. The zero-order valence-electron chi connectivity index (χ0n) is 14.1. The Morgan fingerprint density at radius 3 is 2.52 bits per heavy atom. The number of carbonyl (C=O) groups excluding carboxylic acids is 1. The van der Waals surface area contributed by atoms with E-state index in [1.165, 1.54) is 5.56 Å². The maximum Gasteiger partial charge on any atom is 0.287 e. The summed E-state index contributed by atoms with van der Waals surface area (Å²) in [6.45, 7) is 2.52. The van der Waals surface area contributed by atoms with E-state index in [-0.39, 0.29) is 5.91 Å². The number of hydrogen-bond donors (Lipinski definition) is 1. The van der Waals surface area contributed by atoms with E-state index < -0.39 is 0 Å². The fourth-order valence-corrected chi connectivity index (χ4v) is 3.21. The summed E-state index contributed by atoms with van der Waals surface area (Å²) in [5.41, 5.74) is 2.87. The molecular formula is C22H19NO2. The first-order chi connectivity index (χ1) is 12.2. The number of aryl methyl sites for hydroxylation is 1. The Balaban J connectivity index is 1.59. The van der Waals surface area contributed by atoms with Crippen LogP contribution in [0.25, 0.3) is 21.7 Å². The molecule has 25 heavy (non-hydrogen) atoms. The first kappa shape index (κ1) is 15.5. The predicted molar refractivity (Wildman–Crippen MR) is 101 cm³/mol. The summed E-state index contributed by atoms with van der Waals surface area (Å²) >= 11 is 0. The summed E-state index contributed by atoms with van der Waals surface area (Å²) in [6, 6.07) is 22.3. The highest BCUT2D eigenvalue weighted by molar-refractivity contribution is 6.08. The Bertz CT molecular complexity index is 1050. The van der Waals surface area contributed by atoms with E-state index in [0.29, 0.717) is 12.3 Å². The SMILES string of the molecule is Cc1c(C(=O)NCCc2ccccc2)oc2c1ccc1ccccc12. The van der Waals surface area contributed by atoms with Crippen LogP contribution in [0.2, 0.25) is 0 Å². The molecule has 0 aliphatic heterocycles. The smallest absolute Gasteiger partial charge is 0.287 e. The molecule has 0 radical (unpaired) electrons. The molecule has 1 heterocycles. The summed E-state index contributed by atoms with van der Waals surface area (Å²) in [7, 11) is 0. The van der Waals surface area contributed by atoms with Crippen LogP contribution in [-0.4, -0.2) is 12.5 Å². The molecule has 124 valence electrons. The molecule has 0 atom stereocenters. The third kappa shape index (κ3) is 2.89. The molecule has 0 unspecified atom stereocenters. The van der Waals surface area contributed by atoms with Gasteiger partial charge in [-0.2, -0.15) is 0 Å². The number of fused-ring (bicyclic) bond motifs is 3. The maximum atomic E-state index is 12.6. The first-order valence-electron chi connectivity index (χ1n) is 8.47. The number of benzene rings is 3. The van der Waals surface area contributed by atoms with Crippen molar-refractivity contribution in [1.29, 1.82) is 0 Å². The molecule has 0 fully saturated rings. The van der Waals surface area contributed by atoms with E-state index >= 15 is 0 Å². The third-order valence-corrected chi connectivity index (χ3v) is 4.58. The van der Waals surface area contributed by atoms with Crippen LogP contribution in [-0.2, 0) is 6.42 Å². The fourth-order valence-electron chi connectivity index (χ4n) is 3.21. The fraction of sp³-hybridized carbons (Fsp3) is 0.136. The highest BCUT2D eigenvalue weighted by atomic mass is 16.3. The molecule has 0 spiro atoms. The normalized spacial score (nSPS) is 11.1. The minimum Gasteiger partial charge on any atom is -0.450 e. The van der Waals surface area contributed by atoms with Gasteiger partial charge in [0.25, 0.3) is 5.91 Å².